The van der Waals surface area contributed by atoms with E-state index in [1.807, 2.05) is 34.6 Å². The summed E-state index contributed by atoms with van der Waals surface area (Å²) in [4.78, 5) is 12.1. The van der Waals surface area contributed by atoms with Gasteiger partial charge in [0.25, 0.3) is 0 Å². The van der Waals surface area contributed by atoms with E-state index in [0.717, 1.165) is 12.8 Å². The number of hydrogen-bond acceptors (Lipinski definition) is 3. The number of hydrogen-bond donors (Lipinski definition) is 1. The zero-order valence-electron chi connectivity index (χ0n) is 12.5. The molecule has 17 heavy (non-hydrogen) atoms. The van der Waals surface area contributed by atoms with E-state index in [2.05, 4.69) is 19.2 Å². The van der Waals surface area contributed by atoms with Crippen LogP contribution in [0, 0.1) is 5.92 Å². The van der Waals surface area contributed by atoms with Gasteiger partial charge in [0.05, 0.1) is 0 Å². The van der Waals surface area contributed by atoms with Crippen molar-refractivity contribution in [2.75, 3.05) is 0 Å². The molecule has 0 aliphatic heterocycles. The van der Waals surface area contributed by atoms with Gasteiger partial charge in [0, 0.05) is 6.04 Å². The van der Waals surface area contributed by atoms with E-state index in [4.69, 9.17) is 4.74 Å². The van der Waals surface area contributed by atoms with Crippen LogP contribution >= 0.6 is 0 Å². The molecule has 0 spiro atoms. The summed E-state index contributed by atoms with van der Waals surface area (Å²) >= 11 is 0. The SMILES string of the molecule is CCCC(C)NC(C(=O)OC(C)(C)C)C(C)C. The van der Waals surface area contributed by atoms with Gasteiger partial charge in [0.2, 0.25) is 0 Å². The van der Waals surface area contributed by atoms with Crippen LogP contribution in [0.15, 0.2) is 0 Å². The third-order valence-electron chi connectivity index (χ3n) is 2.51. The first-order valence-corrected chi connectivity index (χ1v) is 6.66. The van der Waals surface area contributed by atoms with E-state index in [9.17, 15) is 4.79 Å². The molecule has 0 aromatic heterocycles. The summed E-state index contributed by atoms with van der Waals surface area (Å²) in [6.07, 6.45) is 2.19. The Morgan fingerprint density at radius 2 is 1.76 bits per heavy atom. The molecule has 3 nitrogen and oxygen atoms in total. The van der Waals surface area contributed by atoms with Crippen molar-refractivity contribution < 1.29 is 9.53 Å². The van der Waals surface area contributed by atoms with Gasteiger partial charge in [-0.1, -0.05) is 27.2 Å². The predicted octanol–water partition coefficient (Wildman–Crippen LogP) is 3.13. The average molecular weight is 243 g/mol. The molecule has 0 bridgehead atoms. The van der Waals surface area contributed by atoms with Gasteiger partial charge in [-0.3, -0.25) is 4.79 Å². The topological polar surface area (TPSA) is 38.3 Å². The molecule has 1 N–H and O–H groups in total. The van der Waals surface area contributed by atoms with Crippen molar-refractivity contribution in [1.29, 1.82) is 0 Å². The maximum atomic E-state index is 12.1. The van der Waals surface area contributed by atoms with Crippen LogP contribution < -0.4 is 5.32 Å². The van der Waals surface area contributed by atoms with Crippen molar-refractivity contribution in [1.82, 2.24) is 5.32 Å². The molecule has 0 radical (unpaired) electrons. The summed E-state index contributed by atoms with van der Waals surface area (Å²) in [5, 5.41) is 3.37. The molecule has 2 unspecified atom stereocenters. The minimum atomic E-state index is -0.417. The maximum Gasteiger partial charge on any atom is 0.323 e. The van der Waals surface area contributed by atoms with Crippen LogP contribution in [0.25, 0.3) is 0 Å². The second kappa shape index (κ2) is 7.00. The molecule has 0 fully saturated rings. The van der Waals surface area contributed by atoms with Crippen molar-refractivity contribution in [2.24, 2.45) is 5.92 Å². The second-order valence-electron chi connectivity index (χ2n) is 6.11. The fourth-order valence-electron chi connectivity index (χ4n) is 1.72. The Kier molecular flexibility index (Phi) is 6.76. The summed E-state index contributed by atoms with van der Waals surface area (Å²) in [7, 11) is 0. The van der Waals surface area contributed by atoms with Gasteiger partial charge in [-0.25, -0.2) is 0 Å². The predicted molar refractivity (Wildman–Crippen MR) is 72.0 cm³/mol. The number of carbonyl (C=O) groups excluding carboxylic acids is 1. The van der Waals surface area contributed by atoms with Gasteiger partial charge in [-0.15, -0.1) is 0 Å². The fourth-order valence-corrected chi connectivity index (χ4v) is 1.72. The lowest BCUT2D eigenvalue weighted by Crippen LogP contribution is -2.48. The first-order valence-electron chi connectivity index (χ1n) is 6.66. The summed E-state index contributed by atoms with van der Waals surface area (Å²) in [5.41, 5.74) is -0.417. The van der Waals surface area contributed by atoms with E-state index >= 15 is 0 Å². The molecule has 0 rings (SSSR count). The molecule has 0 amide bonds. The van der Waals surface area contributed by atoms with Crippen molar-refractivity contribution in [3.05, 3.63) is 0 Å². The van der Waals surface area contributed by atoms with Gasteiger partial charge >= 0.3 is 5.97 Å². The van der Waals surface area contributed by atoms with Crippen LogP contribution in [0.2, 0.25) is 0 Å². The molecular formula is C14H29NO2. The molecule has 0 heterocycles. The van der Waals surface area contributed by atoms with Gasteiger partial charge in [0.15, 0.2) is 0 Å². The zero-order chi connectivity index (χ0) is 13.6. The van der Waals surface area contributed by atoms with Gasteiger partial charge < -0.3 is 10.1 Å². The highest BCUT2D eigenvalue weighted by atomic mass is 16.6. The molecule has 2 atom stereocenters. The standard InChI is InChI=1S/C14H29NO2/c1-8-9-11(4)15-12(10(2)3)13(16)17-14(5,6)7/h10-12,15H,8-9H2,1-7H3. The number of carbonyl (C=O) groups is 1. The van der Waals surface area contributed by atoms with Crippen molar-refractivity contribution in [3.8, 4) is 0 Å². The van der Waals surface area contributed by atoms with Gasteiger partial charge in [-0.05, 0) is 40.0 Å². The molecule has 0 saturated carbocycles. The van der Waals surface area contributed by atoms with Crippen molar-refractivity contribution in [3.63, 3.8) is 0 Å². The minimum Gasteiger partial charge on any atom is -0.459 e. The lowest BCUT2D eigenvalue weighted by Gasteiger charge is -2.28. The Morgan fingerprint density at radius 1 is 1.24 bits per heavy atom. The van der Waals surface area contributed by atoms with Crippen LogP contribution in [0.1, 0.15) is 61.3 Å². The van der Waals surface area contributed by atoms with E-state index in [1.165, 1.54) is 0 Å². The Hall–Kier alpha value is -0.570. The lowest BCUT2D eigenvalue weighted by atomic mass is 10.0. The first kappa shape index (κ1) is 16.4. The minimum absolute atomic E-state index is 0.143. The summed E-state index contributed by atoms with van der Waals surface area (Å²) in [6.45, 7) is 14.0. The molecule has 0 aromatic carbocycles. The Labute approximate surface area is 106 Å². The first-order chi connectivity index (χ1) is 7.67. The molecule has 3 heteroatoms. The Morgan fingerprint density at radius 3 is 2.12 bits per heavy atom. The van der Waals surface area contributed by atoms with Crippen molar-refractivity contribution >= 4 is 5.97 Å². The summed E-state index contributed by atoms with van der Waals surface area (Å²) in [6, 6.07) is 0.135. The fraction of sp³-hybridized carbons (Fsp3) is 0.929. The highest BCUT2D eigenvalue weighted by Gasteiger charge is 2.28. The van der Waals surface area contributed by atoms with E-state index in [1.54, 1.807) is 0 Å². The maximum absolute atomic E-state index is 12.1. The van der Waals surface area contributed by atoms with Crippen LogP contribution in [-0.4, -0.2) is 23.7 Å². The monoisotopic (exact) mass is 243 g/mol. The number of ether oxygens (including phenoxy) is 1. The van der Waals surface area contributed by atoms with E-state index in [-0.39, 0.29) is 17.9 Å². The highest BCUT2D eigenvalue weighted by Crippen LogP contribution is 2.13. The summed E-state index contributed by atoms with van der Waals surface area (Å²) < 4.78 is 5.44. The van der Waals surface area contributed by atoms with Crippen LogP contribution in [0.5, 0.6) is 0 Å². The van der Waals surface area contributed by atoms with Crippen LogP contribution in [0.4, 0.5) is 0 Å². The molecular weight excluding hydrogens is 214 g/mol. The lowest BCUT2D eigenvalue weighted by molar-refractivity contribution is -0.159. The third-order valence-corrected chi connectivity index (χ3v) is 2.51. The molecule has 102 valence electrons. The molecule has 0 aliphatic carbocycles. The smallest absolute Gasteiger partial charge is 0.323 e. The van der Waals surface area contributed by atoms with Crippen molar-refractivity contribution in [2.45, 2.75) is 79.0 Å². The number of esters is 1. The normalized spacial score (nSPS) is 15.8. The molecule has 0 aliphatic rings. The average Bonchev–Trinajstić information content (AvgIpc) is 2.11. The Bertz CT molecular complexity index is 231. The van der Waals surface area contributed by atoms with Gasteiger partial charge in [0.1, 0.15) is 11.6 Å². The van der Waals surface area contributed by atoms with Gasteiger partial charge in [-0.2, -0.15) is 0 Å². The molecule has 0 aromatic rings. The summed E-state index contributed by atoms with van der Waals surface area (Å²) in [5.74, 6) is 0.0969. The van der Waals surface area contributed by atoms with E-state index in [0.29, 0.717) is 6.04 Å². The van der Waals surface area contributed by atoms with Crippen LogP contribution in [-0.2, 0) is 9.53 Å². The largest absolute Gasteiger partial charge is 0.459 e. The molecule has 0 saturated heterocycles. The zero-order valence-corrected chi connectivity index (χ0v) is 12.5. The number of rotatable bonds is 6. The quantitative estimate of drug-likeness (QED) is 0.728. The van der Waals surface area contributed by atoms with E-state index < -0.39 is 5.60 Å². The second-order valence-corrected chi connectivity index (χ2v) is 6.11. The number of nitrogens with one attached hydrogen (secondary N) is 1. The van der Waals surface area contributed by atoms with Crippen LogP contribution in [0.3, 0.4) is 0 Å². The highest BCUT2D eigenvalue weighted by molar-refractivity contribution is 5.76. The third kappa shape index (κ3) is 7.37. The Balaban J connectivity index is 4.47.